The molecule has 5 rings (SSSR count). The summed E-state index contributed by atoms with van der Waals surface area (Å²) in [5, 5.41) is 4.19. The molecule has 238 valence electrons. The van der Waals surface area contributed by atoms with E-state index in [9.17, 15) is 9.59 Å². The fourth-order valence-corrected chi connectivity index (χ4v) is 5.55. The largest absolute Gasteiger partial charge is 0.456 e. The number of carbonyl (C=O) groups excluding carboxylic acids is 2. The summed E-state index contributed by atoms with van der Waals surface area (Å²) < 4.78 is 17.5. The van der Waals surface area contributed by atoms with Crippen molar-refractivity contribution < 1.29 is 28.6 Å². The number of rotatable bonds is 11. The Balaban J connectivity index is 1.23. The van der Waals surface area contributed by atoms with E-state index in [1.165, 1.54) is 0 Å². The normalized spacial score (nSPS) is 15.2. The highest BCUT2D eigenvalue weighted by atomic mass is 16.8. The highest BCUT2D eigenvalue weighted by Crippen LogP contribution is 2.41. The van der Waals surface area contributed by atoms with Gasteiger partial charge in [-0.2, -0.15) is 0 Å². The van der Waals surface area contributed by atoms with Crippen molar-refractivity contribution in [3.63, 3.8) is 0 Å². The second-order valence-electron chi connectivity index (χ2n) is 12.6. The number of carbonyl (C=O) groups is 2. The van der Waals surface area contributed by atoms with Crippen molar-refractivity contribution in [1.29, 1.82) is 0 Å². The van der Waals surface area contributed by atoms with Crippen LogP contribution in [0.25, 0.3) is 0 Å². The van der Waals surface area contributed by atoms with E-state index in [-0.39, 0.29) is 11.9 Å². The van der Waals surface area contributed by atoms with Gasteiger partial charge in [0.1, 0.15) is 11.4 Å². The summed E-state index contributed by atoms with van der Waals surface area (Å²) in [6.45, 7) is 5.89. The van der Waals surface area contributed by atoms with Crippen LogP contribution in [0.1, 0.15) is 91.8 Å². The lowest BCUT2D eigenvalue weighted by Gasteiger charge is -2.35. The topological polar surface area (TPSA) is 83.4 Å². The average molecular weight is 620 g/mol. The third-order valence-corrected chi connectivity index (χ3v) is 7.93. The minimum Gasteiger partial charge on any atom is -0.456 e. The van der Waals surface area contributed by atoms with Gasteiger partial charge in [-0.3, -0.25) is 4.79 Å². The van der Waals surface area contributed by atoms with Crippen LogP contribution in [-0.2, 0) is 31.1 Å². The molecule has 0 saturated heterocycles. The molecule has 1 saturated carbocycles. The minimum absolute atomic E-state index is 0.289. The van der Waals surface area contributed by atoms with Crippen LogP contribution in [0, 0.1) is 0 Å². The van der Waals surface area contributed by atoms with Crippen LogP contribution in [-0.4, -0.2) is 23.8 Å². The molecule has 0 bridgehead atoms. The van der Waals surface area contributed by atoms with E-state index in [2.05, 4.69) is 5.16 Å². The van der Waals surface area contributed by atoms with Crippen molar-refractivity contribution in [2.45, 2.75) is 76.8 Å². The fourth-order valence-electron chi connectivity index (χ4n) is 5.55. The van der Waals surface area contributed by atoms with Crippen molar-refractivity contribution >= 4 is 18.2 Å². The zero-order valence-electron chi connectivity index (χ0n) is 26.7. The Labute approximate surface area is 271 Å². The maximum atomic E-state index is 13.8. The molecule has 7 nitrogen and oxygen atoms in total. The first-order chi connectivity index (χ1) is 22.2. The van der Waals surface area contributed by atoms with E-state index in [0.717, 1.165) is 41.5 Å². The zero-order valence-corrected chi connectivity index (χ0v) is 26.7. The van der Waals surface area contributed by atoms with Gasteiger partial charge in [0.25, 0.3) is 6.29 Å². The van der Waals surface area contributed by atoms with Gasteiger partial charge in [0.2, 0.25) is 0 Å². The molecule has 4 aromatic rings. The first-order valence-corrected chi connectivity index (χ1v) is 15.8. The van der Waals surface area contributed by atoms with Crippen molar-refractivity contribution in [3.8, 4) is 5.75 Å². The van der Waals surface area contributed by atoms with Gasteiger partial charge in [0.05, 0.1) is 23.8 Å². The van der Waals surface area contributed by atoms with Crippen LogP contribution in [0.2, 0.25) is 0 Å². The van der Waals surface area contributed by atoms with Crippen molar-refractivity contribution in [3.05, 3.63) is 137 Å². The summed E-state index contributed by atoms with van der Waals surface area (Å²) in [7, 11) is 0. The molecular weight excluding hydrogens is 578 g/mol. The first kappa shape index (κ1) is 32.6. The Hall–Kier alpha value is -4.75. The Morgan fingerprint density at radius 2 is 1.43 bits per heavy atom. The van der Waals surface area contributed by atoms with Crippen molar-refractivity contribution in [2.24, 2.45) is 5.16 Å². The predicted molar refractivity (Wildman–Crippen MR) is 178 cm³/mol. The van der Waals surface area contributed by atoms with Crippen LogP contribution in [0.3, 0.4) is 0 Å². The second-order valence-corrected chi connectivity index (χ2v) is 12.6. The van der Waals surface area contributed by atoms with Gasteiger partial charge in [-0.25, -0.2) is 4.79 Å². The molecule has 0 amide bonds. The van der Waals surface area contributed by atoms with Crippen molar-refractivity contribution in [2.75, 3.05) is 0 Å². The highest BCUT2D eigenvalue weighted by Gasteiger charge is 2.43. The summed E-state index contributed by atoms with van der Waals surface area (Å²) in [5.41, 5.74) is 2.62. The van der Waals surface area contributed by atoms with Crippen molar-refractivity contribution in [1.82, 2.24) is 0 Å². The second kappa shape index (κ2) is 15.0. The predicted octanol–water partition coefficient (Wildman–Crippen LogP) is 8.72. The number of oxime groups is 1. The Bertz CT molecular complexity index is 1590. The Morgan fingerprint density at radius 3 is 2.07 bits per heavy atom. The van der Waals surface area contributed by atoms with Gasteiger partial charge in [0.15, 0.2) is 0 Å². The number of benzene rings is 4. The molecule has 7 heteroatoms. The molecule has 0 radical (unpaired) electrons. The van der Waals surface area contributed by atoms with Crippen LogP contribution >= 0.6 is 0 Å². The third kappa shape index (κ3) is 8.70. The summed E-state index contributed by atoms with van der Waals surface area (Å²) in [6, 6.07) is 33.9. The van der Waals surface area contributed by atoms with Crippen LogP contribution in [0.4, 0.5) is 0 Å². The van der Waals surface area contributed by atoms with Crippen LogP contribution in [0.15, 0.2) is 114 Å². The van der Waals surface area contributed by atoms with E-state index in [1.807, 2.05) is 106 Å². The average Bonchev–Trinajstić information content (AvgIpc) is 3.07. The molecule has 0 N–H and O–H groups in total. The summed E-state index contributed by atoms with van der Waals surface area (Å²) in [4.78, 5) is 32.1. The van der Waals surface area contributed by atoms with Gasteiger partial charge in [0, 0.05) is 5.56 Å². The summed E-state index contributed by atoms with van der Waals surface area (Å²) in [6.07, 6.45) is 5.23. The molecule has 0 spiro atoms. The number of hydrogen-bond donors (Lipinski definition) is 0. The van der Waals surface area contributed by atoms with Gasteiger partial charge in [-0.1, -0.05) is 97.2 Å². The lowest BCUT2D eigenvalue weighted by Crippen LogP contribution is -2.41. The molecular formula is C39H41NO6. The molecule has 1 aliphatic carbocycles. The van der Waals surface area contributed by atoms with Gasteiger partial charge in [-0.05, 0) is 86.7 Å². The van der Waals surface area contributed by atoms with Crippen LogP contribution in [0.5, 0.6) is 5.75 Å². The standard InChI is InChI=1S/C39H41NO6/c1-38(2,3)45-35(41)31-19-21-33(22-20-31)39(25-11-6-12-26-39)37(42)44-34-23-17-29(18-24-34)27-40-46-36(32-15-9-5-10-16-32)43-28-30-13-7-4-8-14-30/h4-5,7-10,13-24,27,36H,6,11-12,25-26,28H2,1-3H3. The Morgan fingerprint density at radius 1 is 0.804 bits per heavy atom. The van der Waals surface area contributed by atoms with Gasteiger partial charge in [-0.15, -0.1) is 0 Å². The monoisotopic (exact) mass is 619 g/mol. The quantitative estimate of drug-likeness (QED) is 0.0549. The molecule has 0 aliphatic heterocycles. The molecule has 1 fully saturated rings. The zero-order chi connectivity index (χ0) is 32.4. The van der Waals surface area contributed by atoms with Crippen LogP contribution < -0.4 is 4.74 Å². The van der Waals surface area contributed by atoms with Gasteiger partial charge >= 0.3 is 11.9 Å². The first-order valence-electron chi connectivity index (χ1n) is 15.8. The molecule has 1 atom stereocenters. The van der Waals surface area contributed by atoms with E-state index in [0.29, 0.717) is 30.8 Å². The summed E-state index contributed by atoms with van der Waals surface area (Å²) >= 11 is 0. The van der Waals surface area contributed by atoms with E-state index < -0.39 is 17.3 Å². The number of ether oxygens (including phenoxy) is 3. The molecule has 4 aromatic carbocycles. The lowest BCUT2D eigenvalue weighted by atomic mass is 9.69. The molecule has 1 aliphatic rings. The number of esters is 2. The maximum absolute atomic E-state index is 13.8. The van der Waals surface area contributed by atoms with E-state index >= 15 is 0 Å². The molecule has 0 aromatic heterocycles. The Kier molecular flexibility index (Phi) is 10.7. The third-order valence-electron chi connectivity index (χ3n) is 7.93. The molecule has 1 unspecified atom stereocenters. The summed E-state index contributed by atoms with van der Waals surface area (Å²) in [5.74, 6) is -0.223. The molecule has 0 heterocycles. The smallest absolute Gasteiger partial charge is 0.338 e. The number of nitrogens with zero attached hydrogens (tertiary/aromatic N) is 1. The van der Waals surface area contributed by atoms with E-state index in [1.54, 1.807) is 30.5 Å². The maximum Gasteiger partial charge on any atom is 0.338 e. The van der Waals surface area contributed by atoms with E-state index in [4.69, 9.17) is 19.0 Å². The fraction of sp³-hybridized carbons (Fsp3) is 0.308. The highest BCUT2D eigenvalue weighted by molar-refractivity contribution is 5.90. The molecule has 46 heavy (non-hydrogen) atoms. The van der Waals surface area contributed by atoms with Gasteiger partial charge < -0.3 is 19.0 Å². The lowest BCUT2D eigenvalue weighted by molar-refractivity contribution is -0.153. The SMILES string of the molecule is CC(C)(C)OC(=O)c1ccc(C2(C(=O)Oc3ccc(C=NOC(OCc4ccccc4)c4ccccc4)cc3)CCCCC2)cc1. The minimum atomic E-state index is -0.773. The number of hydrogen-bond acceptors (Lipinski definition) is 7.